The van der Waals surface area contributed by atoms with Crippen molar-refractivity contribution in [3.05, 3.63) is 52.1 Å². The first-order chi connectivity index (χ1) is 10.1. The van der Waals surface area contributed by atoms with Gasteiger partial charge in [-0.1, -0.05) is 30.7 Å². The first-order valence-corrected chi connectivity index (χ1v) is 8.39. The maximum absolute atomic E-state index is 6.17. The lowest BCUT2D eigenvalue weighted by atomic mass is 10.1. The molecule has 0 radical (unpaired) electrons. The van der Waals surface area contributed by atoms with E-state index in [2.05, 4.69) is 22.2 Å². The van der Waals surface area contributed by atoms with Crippen LogP contribution in [0.5, 0.6) is 0 Å². The van der Waals surface area contributed by atoms with Crippen LogP contribution in [0.1, 0.15) is 29.7 Å². The number of thioether (sulfide) groups is 1. The summed E-state index contributed by atoms with van der Waals surface area (Å²) < 4.78 is 0. The van der Waals surface area contributed by atoms with Crippen molar-refractivity contribution >= 4 is 23.4 Å². The number of aryl methyl sites for hydroxylation is 2. The highest BCUT2D eigenvalue weighted by Crippen LogP contribution is 2.28. The highest BCUT2D eigenvalue weighted by atomic mass is 35.5. The van der Waals surface area contributed by atoms with Crippen LogP contribution in [0.15, 0.2) is 29.2 Å². The molecule has 0 atom stereocenters. The molecule has 2 rings (SSSR count). The van der Waals surface area contributed by atoms with Gasteiger partial charge in [0, 0.05) is 28.4 Å². The zero-order valence-electron chi connectivity index (χ0n) is 12.6. The highest BCUT2D eigenvalue weighted by molar-refractivity contribution is 7.98. The van der Waals surface area contributed by atoms with E-state index in [1.54, 1.807) is 11.8 Å². The van der Waals surface area contributed by atoms with Gasteiger partial charge in [-0.15, -0.1) is 11.8 Å². The summed E-state index contributed by atoms with van der Waals surface area (Å²) in [5, 5.41) is 4.11. The van der Waals surface area contributed by atoms with Crippen LogP contribution in [0.3, 0.4) is 0 Å². The fourth-order valence-electron chi connectivity index (χ4n) is 2.08. The smallest absolute Gasteiger partial charge is 0.139 e. The SMILES string of the molecule is CCNCc1c(C)nc(CSc2ccccc2Cl)nc1C. The van der Waals surface area contributed by atoms with Crippen LogP contribution in [0, 0.1) is 13.8 Å². The highest BCUT2D eigenvalue weighted by Gasteiger charge is 2.09. The van der Waals surface area contributed by atoms with E-state index in [1.807, 2.05) is 38.1 Å². The Balaban J connectivity index is 2.09. The van der Waals surface area contributed by atoms with Gasteiger partial charge >= 0.3 is 0 Å². The van der Waals surface area contributed by atoms with Crippen LogP contribution in [0.2, 0.25) is 5.02 Å². The van der Waals surface area contributed by atoms with E-state index in [-0.39, 0.29) is 0 Å². The van der Waals surface area contributed by atoms with Crippen LogP contribution in [0.25, 0.3) is 0 Å². The van der Waals surface area contributed by atoms with Gasteiger partial charge in [0.15, 0.2) is 0 Å². The Morgan fingerprint density at radius 2 is 1.81 bits per heavy atom. The van der Waals surface area contributed by atoms with E-state index < -0.39 is 0 Å². The van der Waals surface area contributed by atoms with Gasteiger partial charge in [0.2, 0.25) is 0 Å². The van der Waals surface area contributed by atoms with Crippen molar-refractivity contribution in [1.29, 1.82) is 0 Å². The second-order valence-corrected chi connectivity index (χ2v) is 6.21. The molecule has 0 bridgehead atoms. The average molecular weight is 322 g/mol. The normalized spacial score (nSPS) is 10.9. The van der Waals surface area contributed by atoms with Gasteiger partial charge in [-0.25, -0.2) is 9.97 Å². The van der Waals surface area contributed by atoms with Gasteiger partial charge in [-0.05, 0) is 32.5 Å². The van der Waals surface area contributed by atoms with Gasteiger partial charge in [-0.2, -0.15) is 0 Å². The van der Waals surface area contributed by atoms with Crippen molar-refractivity contribution < 1.29 is 0 Å². The Hall–Kier alpha value is -1.10. The summed E-state index contributed by atoms with van der Waals surface area (Å²) in [6.45, 7) is 7.96. The zero-order valence-corrected chi connectivity index (χ0v) is 14.2. The number of benzene rings is 1. The third-order valence-electron chi connectivity index (χ3n) is 3.21. The van der Waals surface area contributed by atoms with Crippen molar-refractivity contribution in [3.8, 4) is 0 Å². The minimum atomic E-state index is 0.729. The molecule has 1 aromatic heterocycles. The fraction of sp³-hybridized carbons (Fsp3) is 0.375. The number of nitrogens with zero attached hydrogens (tertiary/aromatic N) is 2. The van der Waals surface area contributed by atoms with Crippen LogP contribution >= 0.6 is 23.4 Å². The molecule has 0 unspecified atom stereocenters. The zero-order chi connectivity index (χ0) is 15.2. The summed E-state index contributed by atoms with van der Waals surface area (Å²) in [6, 6.07) is 7.85. The van der Waals surface area contributed by atoms with E-state index in [1.165, 1.54) is 5.56 Å². The number of aromatic nitrogens is 2. The molecule has 0 aliphatic rings. The largest absolute Gasteiger partial charge is 0.313 e. The van der Waals surface area contributed by atoms with Crippen molar-refractivity contribution in [2.24, 2.45) is 0 Å². The molecule has 0 fully saturated rings. The average Bonchev–Trinajstić information content (AvgIpc) is 2.46. The first kappa shape index (κ1) is 16.3. The Kier molecular flexibility index (Phi) is 6.03. The molecule has 1 N–H and O–H groups in total. The Bertz CT molecular complexity index is 593. The lowest BCUT2D eigenvalue weighted by Gasteiger charge is -2.11. The number of hydrogen-bond donors (Lipinski definition) is 1. The summed E-state index contributed by atoms with van der Waals surface area (Å²) in [7, 11) is 0. The minimum absolute atomic E-state index is 0.729. The van der Waals surface area contributed by atoms with Gasteiger partial charge in [0.25, 0.3) is 0 Å². The Labute approximate surface area is 135 Å². The van der Waals surface area contributed by atoms with Crippen LogP contribution in [-0.4, -0.2) is 16.5 Å². The van der Waals surface area contributed by atoms with Crippen molar-refractivity contribution in [2.75, 3.05) is 6.54 Å². The van der Waals surface area contributed by atoms with E-state index >= 15 is 0 Å². The molecule has 112 valence electrons. The molecule has 0 aliphatic carbocycles. The Morgan fingerprint density at radius 1 is 1.14 bits per heavy atom. The molecule has 0 amide bonds. The van der Waals surface area contributed by atoms with Crippen molar-refractivity contribution in [2.45, 2.75) is 38.0 Å². The van der Waals surface area contributed by atoms with E-state index in [0.717, 1.165) is 46.0 Å². The topological polar surface area (TPSA) is 37.8 Å². The second kappa shape index (κ2) is 7.78. The number of nitrogens with one attached hydrogen (secondary N) is 1. The third-order valence-corrected chi connectivity index (χ3v) is 4.72. The molecular formula is C16H20ClN3S. The molecular weight excluding hydrogens is 302 g/mol. The Morgan fingerprint density at radius 3 is 2.43 bits per heavy atom. The third kappa shape index (κ3) is 4.43. The first-order valence-electron chi connectivity index (χ1n) is 7.02. The standard InChI is InChI=1S/C16H20ClN3S/c1-4-18-9-13-11(2)19-16(20-12(13)3)10-21-15-8-6-5-7-14(15)17/h5-8,18H,4,9-10H2,1-3H3. The van der Waals surface area contributed by atoms with E-state index in [0.29, 0.717) is 0 Å². The predicted octanol–water partition coefficient (Wildman–Crippen LogP) is 4.15. The minimum Gasteiger partial charge on any atom is -0.313 e. The maximum Gasteiger partial charge on any atom is 0.139 e. The van der Waals surface area contributed by atoms with Crippen LogP contribution in [-0.2, 0) is 12.3 Å². The summed E-state index contributed by atoms with van der Waals surface area (Å²) in [5.41, 5.74) is 3.31. The molecule has 0 saturated carbocycles. The van der Waals surface area contributed by atoms with Crippen molar-refractivity contribution in [3.63, 3.8) is 0 Å². The predicted molar refractivity (Wildman–Crippen MR) is 89.9 cm³/mol. The van der Waals surface area contributed by atoms with Gasteiger partial charge < -0.3 is 5.32 Å². The lowest BCUT2D eigenvalue weighted by molar-refractivity contribution is 0.707. The fourth-order valence-corrected chi connectivity index (χ4v) is 3.18. The number of rotatable bonds is 6. The summed E-state index contributed by atoms with van der Waals surface area (Å²) in [5.74, 6) is 1.59. The van der Waals surface area contributed by atoms with Crippen LogP contribution < -0.4 is 5.32 Å². The molecule has 3 nitrogen and oxygen atoms in total. The van der Waals surface area contributed by atoms with Gasteiger partial charge in [0.1, 0.15) is 5.82 Å². The van der Waals surface area contributed by atoms with Gasteiger partial charge in [0.05, 0.1) is 10.8 Å². The molecule has 5 heteroatoms. The molecule has 1 heterocycles. The molecule has 0 aliphatic heterocycles. The molecule has 0 saturated heterocycles. The van der Waals surface area contributed by atoms with Crippen LogP contribution in [0.4, 0.5) is 0 Å². The summed E-state index contributed by atoms with van der Waals surface area (Å²) >= 11 is 7.83. The molecule has 21 heavy (non-hydrogen) atoms. The number of hydrogen-bond acceptors (Lipinski definition) is 4. The summed E-state index contributed by atoms with van der Waals surface area (Å²) in [4.78, 5) is 10.3. The molecule has 1 aromatic carbocycles. The van der Waals surface area contributed by atoms with E-state index in [4.69, 9.17) is 11.6 Å². The second-order valence-electron chi connectivity index (χ2n) is 4.79. The van der Waals surface area contributed by atoms with Gasteiger partial charge in [-0.3, -0.25) is 0 Å². The van der Waals surface area contributed by atoms with Crippen molar-refractivity contribution in [1.82, 2.24) is 15.3 Å². The number of halogens is 1. The monoisotopic (exact) mass is 321 g/mol. The van der Waals surface area contributed by atoms with E-state index in [9.17, 15) is 0 Å². The lowest BCUT2D eigenvalue weighted by Crippen LogP contribution is -2.16. The molecule has 2 aromatic rings. The quantitative estimate of drug-likeness (QED) is 0.811. The summed E-state index contributed by atoms with van der Waals surface area (Å²) in [6.07, 6.45) is 0. The maximum atomic E-state index is 6.17. The molecule has 0 spiro atoms.